The van der Waals surface area contributed by atoms with Crippen LogP contribution in [0.3, 0.4) is 0 Å². The lowest BCUT2D eigenvalue weighted by Crippen LogP contribution is -2.30. The number of rotatable bonds is 5. The van der Waals surface area contributed by atoms with Crippen molar-refractivity contribution >= 4 is 46.1 Å². The molecule has 120 valence electrons. The molecule has 1 unspecified atom stereocenters. The molecule has 0 aliphatic rings. The minimum Gasteiger partial charge on any atom is -0.469 e. The summed E-state index contributed by atoms with van der Waals surface area (Å²) in [4.78, 5) is 24.1. The Hall–Kier alpha value is -1.60. The molecule has 0 fully saturated rings. The van der Waals surface area contributed by atoms with Gasteiger partial charge in [0.25, 0.3) is 5.91 Å². The summed E-state index contributed by atoms with van der Waals surface area (Å²) in [6, 6.07) is 13.9. The van der Waals surface area contributed by atoms with E-state index >= 15 is 0 Å². The van der Waals surface area contributed by atoms with Crippen LogP contribution in [0, 0.1) is 3.57 Å². The van der Waals surface area contributed by atoms with E-state index in [1.54, 1.807) is 18.2 Å². The van der Waals surface area contributed by atoms with Crippen molar-refractivity contribution in [2.75, 3.05) is 7.11 Å². The van der Waals surface area contributed by atoms with Crippen molar-refractivity contribution in [3.05, 3.63) is 68.3 Å². The second kappa shape index (κ2) is 8.31. The number of halogens is 2. The number of carbonyl (C=O) groups excluding carboxylic acids is 2. The average Bonchev–Trinajstić information content (AvgIpc) is 2.57. The lowest BCUT2D eigenvalue weighted by molar-refractivity contribution is -0.141. The summed E-state index contributed by atoms with van der Waals surface area (Å²) in [5, 5.41) is 3.47. The molecule has 23 heavy (non-hydrogen) atoms. The van der Waals surface area contributed by atoms with Gasteiger partial charge in [-0.25, -0.2) is 0 Å². The van der Waals surface area contributed by atoms with Crippen LogP contribution >= 0.6 is 34.2 Å². The van der Waals surface area contributed by atoms with E-state index in [2.05, 4.69) is 27.9 Å². The fraction of sp³-hybridized carbons (Fsp3) is 0.176. The zero-order chi connectivity index (χ0) is 16.8. The summed E-state index contributed by atoms with van der Waals surface area (Å²) < 4.78 is 5.51. The predicted octanol–water partition coefficient (Wildman–Crippen LogP) is 3.98. The van der Waals surface area contributed by atoms with Gasteiger partial charge in [-0.1, -0.05) is 41.9 Å². The topological polar surface area (TPSA) is 55.4 Å². The van der Waals surface area contributed by atoms with Crippen molar-refractivity contribution in [3.8, 4) is 0 Å². The third-order valence-corrected chi connectivity index (χ3v) is 4.83. The molecule has 1 atom stereocenters. The van der Waals surface area contributed by atoms with Crippen molar-refractivity contribution in [3.63, 3.8) is 0 Å². The number of hydrogen-bond acceptors (Lipinski definition) is 3. The number of methoxy groups -OCH3 is 1. The molecule has 1 amide bonds. The molecule has 0 saturated carbocycles. The van der Waals surface area contributed by atoms with Gasteiger partial charge in [-0.15, -0.1) is 0 Å². The summed E-state index contributed by atoms with van der Waals surface area (Å²) in [7, 11) is 1.33. The fourth-order valence-corrected chi connectivity index (χ4v) is 2.70. The number of amides is 1. The van der Waals surface area contributed by atoms with Gasteiger partial charge in [-0.3, -0.25) is 9.59 Å². The van der Waals surface area contributed by atoms with E-state index in [0.29, 0.717) is 10.6 Å². The Morgan fingerprint density at radius 1 is 1.22 bits per heavy atom. The Labute approximate surface area is 153 Å². The minimum atomic E-state index is -0.454. The quantitative estimate of drug-likeness (QED) is 0.562. The Kier molecular flexibility index (Phi) is 6.41. The Morgan fingerprint density at radius 2 is 1.91 bits per heavy atom. The highest BCUT2D eigenvalue weighted by molar-refractivity contribution is 14.1. The van der Waals surface area contributed by atoms with Gasteiger partial charge in [0.05, 0.1) is 24.6 Å². The van der Waals surface area contributed by atoms with E-state index < -0.39 is 6.04 Å². The van der Waals surface area contributed by atoms with Gasteiger partial charge in [-0.05, 0) is 46.4 Å². The highest BCUT2D eigenvalue weighted by Gasteiger charge is 2.19. The van der Waals surface area contributed by atoms with Crippen molar-refractivity contribution in [1.82, 2.24) is 5.32 Å². The molecule has 2 aromatic carbocycles. The zero-order valence-electron chi connectivity index (χ0n) is 12.4. The van der Waals surface area contributed by atoms with Gasteiger partial charge in [0.1, 0.15) is 0 Å². The van der Waals surface area contributed by atoms with E-state index in [4.69, 9.17) is 16.3 Å². The van der Waals surface area contributed by atoms with Crippen LogP contribution in [-0.2, 0) is 9.53 Å². The summed E-state index contributed by atoms with van der Waals surface area (Å²) in [6.45, 7) is 0. The maximum atomic E-state index is 12.5. The highest BCUT2D eigenvalue weighted by Crippen LogP contribution is 2.21. The van der Waals surface area contributed by atoms with Crippen LogP contribution in [0.1, 0.15) is 28.4 Å². The molecule has 0 spiro atoms. The molecule has 6 heteroatoms. The van der Waals surface area contributed by atoms with Gasteiger partial charge in [0.2, 0.25) is 0 Å². The van der Waals surface area contributed by atoms with Crippen LogP contribution in [0.25, 0.3) is 0 Å². The van der Waals surface area contributed by atoms with Crippen LogP contribution in [0.5, 0.6) is 0 Å². The van der Waals surface area contributed by atoms with Gasteiger partial charge < -0.3 is 10.1 Å². The lowest BCUT2D eigenvalue weighted by Gasteiger charge is -2.18. The molecule has 0 radical (unpaired) electrons. The second-order valence-electron chi connectivity index (χ2n) is 4.85. The molecule has 4 nitrogen and oxygen atoms in total. The third-order valence-electron chi connectivity index (χ3n) is 3.29. The first kappa shape index (κ1) is 17.7. The molecule has 0 aliphatic heterocycles. The number of ether oxygens (including phenoxy) is 1. The van der Waals surface area contributed by atoms with E-state index in [9.17, 15) is 9.59 Å². The number of carbonyl (C=O) groups is 2. The van der Waals surface area contributed by atoms with E-state index in [1.165, 1.54) is 7.11 Å². The average molecular weight is 444 g/mol. The molecular formula is C17H15ClINO3. The summed E-state index contributed by atoms with van der Waals surface area (Å²) in [6.07, 6.45) is 0.0664. The van der Waals surface area contributed by atoms with Crippen molar-refractivity contribution in [1.29, 1.82) is 0 Å². The number of benzene rings is 2. The minimum absolute atomic E-state index is 0.0664. The summed E-state index contributed by atoms with van der Waals surface area (Å²) >= 11 is 8.04. The van der Waals surface area contributed by atoms with Crippen LogP contribution in [0.15, 0.2) is 48.5 Å². The van der Waals surface area contributed by atoms with Gasteiger partial charge >= 0.3 is 5.97 Å². The van der Waals surface area contributed by atoms with Crippen LogP contribution < -0.4 is 5.32 Å². The van der Waals surface area contributed by atoms with E-state index in [-0.39, 0.29) is 18.3 Å². The number of esters is 1. The molecule has 0 aromatic heterocycles. The molecule has 1 N–H and O–H groups in total. The van der Waals surface area contributed by atoms with Crippen molar-refractivity contribution < 1.29 is 14.3 Å². The molecule has 0 heterocycles. The maximum Gasteiger partial charge on any atom is 0.307 e. The molecular weight excluding hydrogens is 429 g/mol. The van der Waals surface area contributed by atoms with Gasteiger partial charge in [-0.2, -0.15) is 0 Å². The monoisotopic (exact) mass is 443 g/mol. The summed E-state index contributed by atoms with van der Waals surface area (Å²) in [5.41, 5.74) is 1.33. The molecule has 0 bridgehead atoms. The van der Waals surface area contributed by atoms with Crippen molar-refractivity contribution in [2.45, 2.75) is 12.5 Å². The molecule has 2 aromatic rings. The predicted molar refractivity (Wildman–Crippen MR) is 97.5 cm³/mol. The highest BCUT2D eigenvalue weighted by atomic mass is 127. The second-order valence-corrected chi connectivity index (χ2v) is 6.42. The zero-order valence-corrected chi connectivity index (χ0v) is 15.3. The Bertz CT molecular complexity index is 706. The van der Waals surface area contributed by atoms with Crippen LogP contribution in [-0.4, -0.2) is 19.0 Å². The number of hydrogen-bond donors (Lipinski definition) is 1. The standard InChI is InChI=1S/C17H15ClINO3/c1-23-16(21)10-15(11-5-3-2-4-6-11)20-17(22)12-7-8-13(18)14(19)9-12/h2-9,15H,10H2,1H3,(H,20,22). The SMILES string of the molecule is COC(=O)CC(NC(=O)c1ccc(Cl)c(I)c1)c1ccccc1. The van der Waals surface area contributed by atoms with E-state index in [1.807, 2.05) is 30.3 Å². The van der Waals surface area contributed by atoms with Gasteiger partial charge in [0, 0.05) is 9.13 Å². The normalized spacial score (nSPS) is 11.6. The fourth-order valence-electron chi connectivity index (χ4n) is 2.07. The van der Waals surface area contributed by atoms with E-state index in [0.717, 1.165) is 9.13 Å². The third kappa shape index (κ3) is 4.94. The first-order chi connectivity index (χ1) is 11.0. The largest absolute Gasteiger partial charge is 0.469 e. The van der Waals surface area contributed by atoms with Crippen LogP contribution in [0.2, 0.25) is 5.02 Å². The Balaban J connectivity index is 2.21. The Morgan fingerprint density at radius 3 is 2.52 bits per heavy atom. The number of nitrogens with one attached hydrogen (secondary N) is 1. The van der Waals surface area contributed by atoms with Crippen LogP contribution in [0.4, 0.5) is 0 Å². The van der Waals surface area contributed by atoms with Gasteiger partial charge in [0.15, 0.2) is 0 Å². The maximum absolute atomic E-state index is 12.5. The summed E-state index contributed by atoms with van der Waals surface area (Å²) in [5.74, 6) is -0.651. The molecule has 0 aliphatic carbocycles. The first-order valence-electron chi connectivity index (χ1n) is 6.89. The smallest absolute Gasteiger partial charge is 0.307 e. The molecule has 2 rings (SSSR count). The first-order valence-corrected chi connectivity index (χ1v) is 8.34. The lowest BCUT2D eigenvalue weighted by atomic mass is 10.0. The molecule has 0 saturated heterocycles. The van der Waals surface area contributed by atoms with Crippen molar-refractivity contribution in [2.24, 2.45) is 0 Å².